The summed E-state index contributed by atoms with van der Waals surface area (Å²) < 4.78 is 74.7. The number of halogens is 3. The summed E-state index contributed by atoms with van der Waals surface area (Å²) in [4.78, 5) is 28.7. The Labute approximate surface area is 202 Å². The van der Waals surface area contributed by atoms with E-state index in [4.69, 9.17) is 0 Å². The number of esters is 1. The second-order valence-corrected chi connectivity index (χ2v) is 9.46. The molecular weight excluding hydrogens is 509 g/mol. The summed E-state index contributed by atoms with van der Waals surface area (Å²) in [5, 5.41) is 5.35. The number of thiazole rings is 1. The van der Waals surface area contributed by atoms with Crippen molar-refractivity contribution in [1.82, 2.24) is 10.3 Å². The molecule has 0 spiro atoms. The van der Waals surface area contributed by atoms with E-state index in [0.29, 0.717) is 0 Å². The maximum absolute atomic E-state index is 14.3. The van der Waals surface area contributed by atoms with Gasteiger partial charge in [0.1, 0.15) is 0 Å². The Morgan fingerprint density at radius 3 is 2.26 bits per heavy atom. The lowest BCUT2D eigenvalue weighted by Crippen LogP contribution is -2.69. The summed E-state index contributed by atoms with van der Waals surface area (Å²) in [6.45, 7) is 0.923. The zero-order valence-electron chi connectivity index (χ0n) is 18.0. The Morgan fingerprint density at radius 2 is 1.71 bits per heavy atom. The first kappa shape index (κ1) is 26.0. The lowest BCUT2D eigenvalue weighted by Gasteiger charge is -2.35. The minimum Gasteiger partial charge on any atom is -0.463 e. The maximum Gasteiger partial charge on any atom is 0.441 e. The normalized spacial score (nSPS) is 13.4. The molecule has 35 heavy (non-hydrogen) atoms. The standard InChI is InChI=1S/C21H19F3N4O5S2/c1-2-33-18(30)20(21(22,23)24,27-17(29)14-6-4-3-5-7-14)26-15-8-10-16(11-9-15)35(31,32)28-19-25-12-13-34-19/h3-13,26H,2H2,1H3,(H,25,28)(H,27,29)/t20-/m1/s1. The molecule has 0 unspecified atom stereocenters. The number of alkyl halides is 3. The average Bonchev–Trinajstić information content (AvgIpc) is 3.31. The van der Waals surface area contributed by atoms with Crippen molar-refractivity contribution < 1.29 is 35.9 Å². The van der Waals surface area contributed by atoms with Crippen LogP contribution in [0.1, 0.15) is 17.3 Å². The van der Waals surface area contributed by atoms with Crippen LogP contribution < -0.4 is 15.4 Å². The SMILES string of the molecule is CCOC(=O)[C@](NC(=O)c1ccccc1)(Nc1ccc(S(=O)(=O)Nc2nccs2)cc1)C(F)(F)F. The molecule has 0 radical (unpaired) electrons. The van der Waals surface area contributed by atoms with E-state index in [2.05, 4.69) is 14.4 Å². The minimum absolute atomic E-state index is 0.106. The number of carbonyl (C=O) groups excluding carboxylic acids is 2. The number of ether oxygens (including phenoxy) is 1. The van der Waals surface area contributed by atoms with E-state index >= 15 is 0 Å². The van der Waals surface area contributed by atoms with Gasteiger partial charge in [-0.2, -0.15) is 13.2 Å². The molecule has 0 fully saturated rings. The molecule has 14 heteroatoms. The fourth-order valence-corrected chi connectivity index (χ4v) is 4.63. The molecule has 0 aliphatic rings. The molecule has 1 amide bonds. The van der Waals surface area contributed by atoms with Gasteiger partial charge < -0.3 is 15.4 Å². The number of aromatic nitrogens is 1. The molecule has 186 valence electrons. The molecule has 9 nitrogen and oxygen atoms in total. The lowest BCUT2D eigenvalue weighted by molar-refractivity contribution is -0.204. The van der Waals surface area contributed by atoms with Crippen LogP contribution in [0.3, 0.4) is 0 Å². The molecule has 1 aromatic heterocycles. The molecule has 0 aliphatic heterocycles. The third-order valence-corrected chi connectivity index (χ3v) is 6.67. The Kier molecular flexibility index (Phi) is 7.65. The number of sulfonamides is 1. The minimum atomic E-state index is -5.35. The zero-order chi connectivity index (χ0) is 25.7. The van der Waals surface area contributed by atoms with E-state index < -0.39 is 33.7 Å². The summed E-state index contributed by atoms with van der Waals surface area (Å²) in [5.74, 6) is -2.98. The fourth-order valence-electron chi connectivity index (χ4n) is 2.84. The first-order valence-electron chi connectivity index (χ1n) is 9.90. The molecule has 3 rings (SSSR count). The number of anilines is 2. The molecular formula is C21H19F3N4O5S2. The smallest absolute Gasteiger partial charge is 0.441 e. The van der Waals surface area contributed by atoms with Gasteiger partial charge in [0.25, 0.3) is 15.9 Å². The highest BCUT2D eigenvalue weighted by Crippen LogP contribution is 2.34. The van der Waals surface area contributed by atoms with Crippen molar-refractivity contribution in [3.8, 4) is 0 Å². The van der Waals surface area contributed by atoms with Gasteiger partial charge in [0, 0.05) is 22.8 Å². The maximum atomic E-state index is 14.3. The Morgan fingerprint density at radius 1 is 1.06 bits per heavy atom. The van der Waals surface area contributed by atoms with Gasteiger partial charge in [-0.1, -0.05) is 18.2 Å². The van der Waals surface area contributed by atoms with Gasteiger partial charge in [-0.3, -0.25) is 9.52 Å². The van der Waals surface area contributed by atoms with Gasteiger partial charge in [-0.25, -0.2) is 18.2 Å². The van der Waals surface area contributed by atoms with Crippen molar-refractivity contribution in [2.45, 2.75) is 23.7 Å². The van der Waals surface area contributed by atoms with Gasteiger partial charge in [-0.15, -0.1) is 11.3 Å². The first-order chi connectivity index (χ1) is 16.5. The van der Waals surface area contributed by atoms with Gasteiger partial charge in [0.2, 0.25) is 0 Å². The molecule has 3 aromatic rings. The van der Waals surface area contributed by atoms with Crippen molar-refractivity contribution in [1.29, 1.82) is 0 Å². The van der Waals surface area contributed by atoms with Crippen LogP contribution >= 0.6 is 11.3 Å². The second-order valence-electron chi connectivity index (χ2n) is 6.88. The third-order valence-electron chi connectivity index (χ3n) is 4.49. The van der Waals surface area contributed by atoms with Crippen molar-refractivity contribution >= 4 is 44.1 Å². The number of benzene rings is 2. The fraction of sp³-hybridized carbons (Fsp3) is 0.190. The lowest BCUT2D eigenvalue weighted by atomic mass is 10.1. The number of nitrogens with one attached hydrogen (secondary N) is 3. The summed E-state index contributed by atoms with van der Waals surface area (Å²) >= 11 is 1.04. The van der Waals surface area contributed by atoms with Crippen molar-refractivity contribution in [3.05, 3.63) is 71.7 Å². The van der Waals surface area contributed by atoms with Crippen LogP contribution in [0.25, 0.3) is 0 Å². The number of amides is 1. The molecule has 1 atom stereocenters. The van der Waals surface area contributed by atoms with E-state index in [1.54, 1.807) is 16.8 Å². The summed E-state index contributed by atoms with van der Waals surface area (Å²) in [6.07, 6.45) is -3.95. The molecule has 0 saturated carbocycles. The molecule has 0 bridgehead atoms. The highest BCUT2D eigenvalue weighted by molar-refractivity contribution is 7.93. The molecule has 2 aromatic carbocycles. The molecule has 0 aliphatic carbocycles. The van der Waals surface area contributed by atoms with Gasteiger partial charge in [0.05, 0.1) is 11.5 Å². The Hall–Kier alpha value is -3.65. The highest BCUT2D eigenvalue weighted by atomic mass is 32.2. The first-order valence-corrected chi connectivity index (χ1v) is 12.3. The monoisotopic (exact) mass is 528 g/mol. The summed E-state index contributed by atoms with van der Waals surface area (Å²) in [7, 11) is -4.07. The van der Waals surface area contributed by atoms with E-state index in [9.17, 15) is 31.2 Å². The van der Waals surface area contributed by atoms with E-state index in [0.717, 1.165) is 35.6 Å². The van der Waals surface area contributed by atoms with Gasteiger partial charge in [0.15, 0.2) is 5.13 Å². The van der Waals surface area contributed by atoms with Crippen LogP contribution in [0.15, 0.2) is 71.1 Å². The predicted molar refractivity (Wildman–Crippen MR) is 122 cm³/mol. The van der Waals surface area contributed by atoms with Crippen molar-refractivity contribution in [2.75, 3.05) is 16.6 Å². The average molecular weight is 529 g/mol. The Balaban J connectivity index is 1.94. The topological polar surface area (TPSA) is 126 Å². The van der Waals surface area contributed by atoms with Crippen molar-refractivity contribution in [3.63, 3.8) is 0 Å². The molecule has 3 N–H and O–H groups in total. The van der Waals surface area contributed by atoms with Crippen LogP contribution in [0, 0.1) is 0 Å². The number of hydrogen-bond donors (Lipinski definition) is 3. The van der Waals surface area contributed by atoms with Crippen LogP contribution in [-0.4, -0.2) is 43.7 Å². The number of hydrogen-bond acceptors (Lipinski definition) is 8. The Bertz CT molecular complexity index is 1270. The van der Waals surface area contributed by atoms with Crippen LogP contribution in [0.4, 0.5) is 24.0 Å². The molecule has 1 heterocycles. The predicted octanol–water partition coefficient (Wildman–Crippen LogP) is 3.61. The van der Waals surface area contributed by atoms with Gasteiger partial charge in [-0.05, 0) is 43.3 Å². The second kappa shape index (κ2) is 10.3. The quantitative estimate of drug-likeness (QED) is 0.286. The van der Waals surface area contributed by atoms with E-state index in [1.165, 1.54) is 37.4 Å². The van der Waals surface area contributed by atoms with Gasteiger partial charge >= 0.3 is 17.8 Å². The van der Waals surface area contributed by atoms with Crippen LogP contribution in [-0.2, 0) is 19.6 Å². The summed E-state index contributed by atoms with van der Waals surface area (Å²) in [5.41, 5.74) is -4.09. The van der Waals surface area contributed by atoms with Crippen LogP contribution in [0.5, 0.6) is 0 Å². The number of nitrogens with zero attached hydrogens (tertiary/aromatic N) is 1. The van der Waals surface area contributed by atoms with Crippen molar-refractivity contribution in [2.24, 2.45) is 0 Å². The largest absolute Gasteiger partial charge is 0.463 e. The summed E-state index contributed by atoms with van der Waals surface area (Å²) in [6, 6.07) is 11.1. The third kappa shape index (κ3) is 5.89. The highest BCUT2D eigenvalue weighted by Gasteiger charge is 2.63. The molecule has 0 saturated heterocycles. The van der Waals surface area contributed by atoms with E-state index in [-0.39, 0.29) is 27.9 Å². The van der Waals surface area contributed by atoms with E-state index in [1.807, 2.05) is 5.32 Å². The van der Waals surface area contributed by atoms with Crippen LogP contribution in [0.2, 0.25) is 0 Å². The number of rotatable bonds is 9. The zero-order valence-corrected chi connectivity index (χ0v) is 19.6. The number of carbonyl (C=O) groups is 2.